The Kier molecular flexibility index (Phi) is 2.65. The van der Waals surface area contributed by atoms with Crippen molar-refractivity contribution in [2.24, 2.45) is 0 Å². The van der Waals surface area contributed by atoms with Crippen molar-refractivity contribution in [2.75, 3.05) is 0 Å². The summed E-state index contributed by atoms with van der Waals surface area (Å²) in [6.45, 7) is 1.78. The lowest BCUT2D eigenvalue weighted by Gasteiger charge is -2.09. The van der Waals surface area contributed by atoms with E-state index in [4.69, 9.17) is 11.6 Å². The minimum absolute atomic E-state index is 0.109. The minimum Gasteiger partial charge on any atom is -0.267 e. The lowest BCUT2D eigenvalue weighted by Crippen LogP contribution is -2.21. The van der Waals surface area contributed by atoms with Gasteiger partial charge in [0.05, 0.1) is 11.2 Å². The van der Waals surface area contributed by atoms with E-state index >= 15 is 0 Å². The Morgan fingerprint density at radius 1 is 1.39 bits per heavy atom. The predicted octanol–water partition coefficient (Wildman–Crippen LogP) is 2.80. The molecule has 0 unspecified atom stereocenters. The molecule has 90 valence electrons. The van der Waals surface area contributed by atoms with E-state index < -0.39 is 0 Å². The molecular formula is C12H8ClN3OS. The normalized spacial score (nSPS) is 11.0. The standard InChI is InChI=1S/C12H8ClN3OS/c1-7-15-8-4-6-18-10(8)12(17)16(7)9-3-2-5-14-11(9)13/h2-6H,1H3. The Morgan fingerprint density at radius 2 is 2.22 bits per heavy atom. The molecule has 0 atom stereocenters. The van der Waals surface area contributed by atoms with E-state index in [1.165, 1.54) is 15.9 Å². The van der Waals surface area contributed by atoms with Crippen LogP contribution in [0.1, 0.15) is 5.82 Å². The monoisotopic (exact) mass is 277 g/mol. The second-order valence-corrected chi connectivity index (χ2v) is 5.02. The molecule has 0 amide bonds. The van der Waals surface area contributed by atoms with Crippen molar-refractivity contribution in [3.8, 4) is 5.69 Å². The smallest absolute Gasteiger partial charge is 0.267 e. The van der Waals surface area contributed by atoms with Gasteiger partial charge < -0.3 is 0 Å². The SMILES string of the molecule is Cc1nc2ccsc2c(=O)n1-c1cccnc1Cl. The highest BCUT2D eigenvalue weighted by atomic mass is 35.5. The first kappa shape index (κ1) is 11.4. The maximum Gasteiger partial charge on any atom is 0.276 e. The molecule has 0 saturated heterocycles. The summed E-state index contributed by atoms with van der Waals surface area (Å²) >= 11 is 7.41. The van der Waals surface area contributed by atoms with E-state index in [9.17, 15) is 4.79 Å². The molecular weight excluding hydrogens is 270 g/mol. The van der Waals surface area contributed by atoms with Crippen LogP contribution in [-0.2, 0) is 0 Å². The van der Waals surface area contributed by atoms with Gasteiger partial charge in [-0.15, -0.1) is 11.3 Å². The van der Waals surface area contributed by atoms with Crippen molar-refractivity contribution in [2.45, 2.75) is 6.92 Å². The number of hydrogen-bond acceptors (Lipinski definition) is 4. The first-order valence-corrected chi connectivity index (χ1v) is 6.52. The third-order valence-corrected chi connectivity index (χ3v) is 3.81. The molecule has 3 rings (SSSR count). The van der Waals surface area contributed by atoms with Gasteiger partial charge in [-0.05, 0) is 30.5 Å². The Morgan fingerprint density at radius 3 is 3.00 bits per heavy atom. The number of rotatable bonds is 1. The molecule has 0 bridgehead atoms. The van der Waals surface area contributed by atoms with Crippen LogP contribution in [0, 0.1) is 6.92 Å². The van der Waals surface area contributed by atoms with E-state index in [-0.39, 0.29) is 5.56 Å². The van der Waals surface area contributed by atoms with Crippen molar-refractivity contribution in [1.29, 1.82) is 0 Å². The number of aromatic nitrogens is 3. The molecule has 0 fully saturated rings. The molecule has 3 aromatic heterocycles. The summed E-state index contributed by atoms with van der Waals surface area (Å²) in [6.07, 6.45) is 1.59. The van der Waals surface area contributed by atoms with Crippen LogP contribution in [0.15, 0.2) is 34.6 Å². The van der Waals surface area contributed by atoms with Crippen LogP contribution >= 0.6 is 22.9 Å². The lowest BCUT2D eigenvalue weighted by molar-refractivity contribution is 0.891. The van der Waals surface area contributed by atoms with E-state index in [0.29, 0.717) is 21.4 Å². The summed E-state index contributed by atoms with van der Waals surface area (Å²) in [5.74, 6) is 0.598. The Balaban J connectivity index is 2.43. The van der Waals surface area contributed by atoms with E-state index in [1.54, 1.807) is 25.3 Å². The van der Waals surface area contributed by atoms with Gasteiger partial charge in [-0.25, -0.2) is 9.97 Å². The quantitative estimate of drug-likeness (QED) is 0.643. The van der Waals surface area contributed by atoms with Gasteiger partial charge in [0, 0.05) is 6.20 Å². The van der Waals surface area contributed by atoms with Gasteiger partial charge in [0.25, 0.3) is 5.56 Å². The zero-order valence-corrected chi connectivity index (χ0v) is 11.0. The second kappa shape index (κ2) is 4.19. The maximum absolute atomic E-state index is 12.4. The van der Waals surface area contributed by atoms with Gasteiger partial charge in [0.1, 0.15) is 10.5 Å². The highest BCUT2D eigenvalue weighted by Crippen LogP contribution is 2.20. The van der Waals surface area contributed by atoms with E-state index in [0.717, 1.165) is 5.52 Å². The van der Waals surface area contributed by atoms with Crippen LogP contribution in [0.25, 0.3) is 15.9 Å². The summed E-state index contributed by atoms with van der Waals surface area (Å²) in [5, 5.41) is 2.15. The van der Waals surface area contributed by atoms with Gasteiger partial charge >= 0.3 is 0 Å². The summed E-state index contributed by atoms with van der Waals surface area (Å²) in [5.41, 5.74) is 1.17. The molecule has 4 nitrogen and oxygen atoms in total. The number of pyridine rings is 1. The van der Waals surface area contributed by atoms with Crippen LogP contribution in [0.3, 0.4) is 0 Å². The number of halogens is 1. The average Bonchev–Trinajstić information content (AvgIpc) is 2.79. The van der Waals surface area contributed by atoms with Crippen molar-refractivity contribution in [3.63, 3.8) is 0 Å². The largest absolute Gasteiger partial charge is 0.276 e. The van der Waals surface area contributed by atoms with Crippen LogP contribution < -0.4 is 5.56 Å². The fourth-order valence-corrected chi connectivity index (χ4v) is 2.81. The zero-order chi connectivity index (χ0) is 12.7. The summed E-state index contributed by atoms with van der Waals surface area (Å²) in [7, 11) is 0. The van der Waals surface area contributed by atoms with Gasteiger partial charge in [-0.3, -0.25) is 9.36 Å². The van der Waals surface area contributed by atoms with Gasteiger partial charge in [0.15, 0.2) is 5.15 Å². The number of nitrogens with zero attached hydrogens (tertiary/aromatic N) is 3. The zero-order valence-electron chi connectivity index (χ0n) is 9.42. The number of aryl methyl sites for hydroxylation is 1. The summed E-state index contributed by atoms with van der Waals surface area (Å²) < 4.78 is 2.12. The molecule has 0 aromatic carbocycles. The molecule has 0 N–H and O–H groups in total. The molecule has 0 radical (unpaired) electrons. The van der Waals surface area contributed by atoms with Gasteiger partial charge in [-0.2, -0.15) is 0 Å². The molecule has 0 aliphatic carbocycles. The van der Waals surface area contributed by atoms with Crippen molar-refractivity contribution < 1.29 is 0 Å². The second-order valence-electron chi connectivity index (χ2n) is 3.75. The topological polar surface area (TPSA) is 47.8 Å². The predicted molar refractivity (Wildman–Crippen MR) is 72.8 cm³/mol. The Bertz CT molecular complexity index is 793. The first-order valence-electron chi connectivity index (χ1n) is 5.26. The molecule has 0 aliphatic heterocycles. The lowest BCUT2D eigenvalue weighted by atomic mass is 10.3. The maximum atomic E-state index is 12.4. The third kappa shape index (κ3) is 1.63. The Hall–Kier alpha value is -1.72. The molecule has 3 aromatic rings. The molecule has 3 heterocycles. The molecule has 0 spiro atoms. The van der Waals surface area contributed by atoms with Crippen molar-refractivity contribution in [1.82, 2.24) is 14.5 Å². The van der Waals surface area contributed by atoms with Crippen LogP contribution in [0.4, 0.5) is 0 Å². The molecule has 18 heavy (non-hydrogen) atoms. The van der Waals surface area contributed by atoms with Crippen LogP contribution in [0.2, 0.25) is 5.15 Å². The van der Waals surface area contributed by atoms with Gasteiger partial charge in [0.2, 0.25) is 0 Å². The van der Waals surface area contributed by atoms with Crippen LogP contribution in [-0.4, -0.2) is 14.5 Å². The molecule has 0 aliphatic rings. The van der Waals surface area contributed by atoms with Crippen LogP contribution in [0.5, 0.6) is 0 Å². The average molecular weight is 278 g/mol. The molecule has 0 saturated carbocycles. The number of thiophene rings is 1. The van der Waals surface area contributed by atoms with Crippen molar-refractivity contribution >= 4 is 33.2 Å². The van der Waals surface area contributed by atoms with E-state index in [1.807, 2.05) is 11.4 Å². The summed E-state index contributed by atoms with van der Waals surface area (Å²) in [6, 6.07) is 5.33. The van der Waals surface area contributed by atoms with Crippen molar-refractivity contribution in [3.05, 3.63) is 51.1 Å². The Labute approximate surface area is 112 Å². The van der Waals surface area contributed by atoms with E-state index in [2.05, 4.69) is 9.97 Å². The highest BCUT2D eigenvalue weighted by molar-refractivity contribution is 7.17. The first-order chi connectivity index (χ1) is 8.68. The minimum atomic E-state index is -0.109. The highest BCUT2D eigenvalue weighted by Gasteiger charge is 2.13. The number of hydrogen-bond donors (Lipinski definition) is 0. The summed E-state index contributed by atoms with van der Waals surface area (Å²) in [4.78, 5) is 20.8. The fourth-order valence-electron chi connectivity index (χ4n) is 1.85. The molecule has 6 heteroatoms. The third-order valence-electron chi connectivity index (χ3n) is 2.63. The van der Waals surface area contributed by atoms with Gasteiger partial charge in [-0.1, -0.05) is 11.6 Å². The number of fused-ring (bicyclic) bond motifs is 1. The fraction of sp³-hybridized carbons (Fsp3) is 0.0833.